The average Bonchev–Trinajstić information content (AvgIpc) is 2.31. The van der Waals surface area contributed by atoms with E-state index in [-0.39, 0.29) is 0 Å². The fourth-order valence-corrected chi connectivity index (χ4v) is 2.41. The fraction of sp³-hybridized carbons (Fsp3) is 1.00. The number of likely N-dealkylation sites (N-methyl/N-ethyl adjacent to an activating group) is 1. The molecule has 1 rings (SSSR count). The Bertz CT molecular complexity index is 157. The van der Waals surface area contributed by atoms with Crippen molar-refractivity contribution in [3.05, 3.63) is 0 Å². The molecule has 1 fully saturated rings. The van der Waals surface area contributed by atoms with Crippen molar-refractivity contribution < 1.29 is 4.74 Å². The average molecular weight is 213 g/mol. The standard InChI is InChI=1S/C13H27NO/c1-4-11(5-2)10-15-13-9-7-6-8-12(13)14-3/h11-14H,4-10H2,1-3H3. The van der Waals surface area contributed by atoms with Crippen LogP contribution in [-0.4, -0.2) is 25.8 Å². The lowest BCUT2D eigenvalue weighted by molar-refractivity contribution is -0.0119. The maximum Gasteiger partial charge on any atom is 0.0728 e. The summed E-state index contributed by atoms with van der Waals surface area (Å²) in [5, 5.41) is 3.39. The van der Waals surface area contributed by atoms with E-state index in [2.05, 4.69) is 26.2 Å². The van der Waals surface area contributed by atoms with Gasteiger partial charge in [-0.15, -0.1) is 0 Å². The van der Waals surface area contributed by atoms with Crippen molar-refractivity contribution in [2.75, 3.05) is 13.7 Å². The molecule has 0 radical (unpaired) electrons. The van der Waals surface area contributed by atoms with E-state index in [0.29, 0.717) is 12.1 Å². The van der Waals surface area contributed by atoms with Gasteiger partial charge in [-0.05, 0) is 25.8 Å². The Kier molecular flexibility index (Phi) is 6.26. The van der Waals surface area contributed by atoms with Gasteiger partial charge in [0.25, 0.3) is 0 Å². The van der Waals surface area contributed by atoms with E-state index in [1.165, 1.54) is 38.5 Å². The highest BCUT2D eigenvalue weighted by atomic mass is 16.5. The van der Waals surface area contributed by atoms with Crippen molar-refractivity contribution in [3.8, 4) is 0 Å². The van der Waals surface area contributed by atoms with Crippen molar-refractivity contribution in [1.29, 1.82) is 0 Å². The molecular formula is C13H27NO. The Morgan fingerprint density at radius 2 is 1.87 bits per heavy atom. The van der Waals surface area contributed by atoms with E-state index in [1.54, 1.807) is 0 Å². The summed E-state index contributed by atoms with van der Waals surface area (Å²) in [6.07, 6.45) is 8.17. The molecule has 2 atom stereocenters. The molecule has 0 heterocycles. The summed E-state index contributed by atoms with van der Waals surface area (Å²) in [6.45, 7) is 5.47. The molecule has 1 aliphatic rings. The van der Waals surface area contributed by atoms with Crippen LogP contribution in [0.2, 0.25) is 0 Å². The van der Waals surface area contributed by atoms with Crippen LogP contribution in [0.25, 0.3) is 0 Å². The molecule has 0 spiro atoms. The minimum Gasteiger partial charge on any atom is -0.376 e. The van der Waals surface area contributed by atoms with Crippen LogP contribution in [0, 0.1) is 5.92 Å². The second-order valence-electron chi connectivity index (χ2n) is 4.73. The van der Waals surface area contributed by atoms with Crippen LogP contribution in [0.1, 0.15) is 52.4 Å². The maximum atomic E-state index is 6.07. The third kappa shape index (κ3) is 4.12. The highest BCUT2D eigenvalue weighted by Crippen LogP contribution is 2.22. The molecule has 0 aliphatic heterocycles. The van der Waals surface area contributed by atoms with E-state index < -0.39 is 0 Å². The Morgan fingerprint density at radius 3 is 2.47 bits per heavy atom. The summed E-state index contributed by atoms with van der Waals surface area (Å²) in [4.78, 5) is 0. The van der Waals surface area contributed by atoms with Crippen LogP contribution >= 0.6 is 0 Å². The molecule has 15 heavy (non-hydrogen) atoms. The molecule has 2 nitrogen and oxygen atoms in total. The lowest BCUT2D eigenvalue weighted by Gasteiger charge is -2.32. The van der Waals surface area contributed by atoms with Gasteiger partial charge in [-0.25, -0.2) is 0 Å². The number of ether oxygens (including phenoxy) is 1. The van der Waals surface area contributed by atoms with Crippen molar-refractivity contribution in [2.24, 2.45) is 5.92 Å². The zero-order chi connectivity index (χ0) is 11.1. The molecule has 0 bridgehead atoms. The van der Waals surface area contributed by atoms with Crippen LogP contribution in [0.15, 0.2) is 0 Å². The summed E-state index contributed by atoms with van der Waals surface area (Å²) >= 11 is 0. The molecule has 0 aromatic rings. The van der Waals surface area contributed by atoms with Gasteiger partial charge in [0.2, 0.25) is 0 Å². The first kappa shape index (κ1) is 13.0. The summed E-state index contributed by atoms with van der Waals surface area (Å²) in [7, 11) is 2.06. The number of rotatable bonds is 6. The first-order chi connectivity index (χ1) is 7.31. The summed E-state index contributed by atoms with van der Waals surface area (Å²) in [5.74, 6) is 0.754. The van der Waals surface area contributed by atoms with Gasteiger partial charge in [-0.1, -0.05) is 39.5 Å². The van der Waals surface area contributed by atoms with Gasteiger partial charge < -0.3 is 10.1 Å². The highest BCUT2D eigenvalue weighted by molar-refractivity contribution is 4.80. The molecule has 2 heteroatoms. The predicted octanol–water partition coefficient (Wildman–Crippen LogP) is 2.97. The third-order valence-electron chi connectivity index (χ3n) is 3.77. The molecule has 1 N–H and O–H groups in total. The van der Waals surface area contributed by atoms with E-state index >= 15 is 0 Å². The topological polar surface area (TPSA) is 21.3 Å². The lowest BCUT2D eigenvalue weighted by atomic mass is 9.92. The molecule has 1 aliphatic carbocycles. The Labute approximate surface area is 94.8 Å². The van der Waals surface area contributed by atoms with E-state index in [4.69, 9.17) is 4.74 Å². The minimum absolute atomic E-state index is 0.462. The molecule has 2 unspecified atom stereocenters. The smallest absolute Gasteiger partial charge is 0.0728 e. The van der Waals surface area contributed by atoms with E-state index in [0.717, 1.165) is 12.5 Å². The van der Waals surface area contributed by atoms with Gasteiger partial charge in [0.05, 0.1) is 6.10 Å². The van der Waals surface area contributed by atoms with Crippen molar-refractivity contribution in [3.63, 3.8) is 0 Å². The molecular weight excluding hydrogens is 186 g/mol. The van der Waals surface area contributed by atoms with Crippen LogP contribution in [-0.2, 0) is 4.74 Å². The van der Waals surface area contributed by atoms with Crippen molar-refractivity contribution >= 4 is 0 Å². The number of hydrogen-bond donors (Lipinski definition) is 1. The quantitative estimate of drug-likeness (QED) is 0.732. The molecule has 1 saturated carbocycles. The third-order valence-corrected chi connectivity index (χ3v) is 3.77. The van der Waals surface area contributed by atoms with Crippen LogP contribution in [0.4, 0.5) is 0 Å². The van der Waals surface area contributed by atoms with Crippen molar-refractivity contribution in [2.45, 2.75) is 64.5 Å². The zero-order valence-corrected chi connectivity index (χ0v) is 10.6. The van der Waals surface area contributed by atoms with Gasteiger partial charge in [-0.3, -0.25) is 0 Å². The summed E-state index contributed by atoms with van der Waals surface area (Å²) < 4.78 is 6.07. The van der Waals surface area contributed by atoms with Crippen LogP contribution in [0.5, 0.6) is 0 Å². The normalized spacial score (nSPS) is 27.2. The largest absolute Gasteiger partial charge is 0.376 e. The van der Waals surface area contributed by atoms with Gasteiger partial charge in [0.1, 0.15) is 0 Å². The van der Waals surface area contributed by atoms with Gasteiger partial charge >= 0.3 is 0 Å². The maximum absolute atomic E-state index is 6.07. The predicted molar refractivity (Wildman–Crippen MR) is 65.1 cm³/mol. The molecule has 0 aromatic carbocycles. The number of nitrogens with one attached hydrogen (secondary N) is 1. The molecule has 0 aromatic heterocycles. The molecule has 0 saturated heterocycles. The summed E-state index contributed by atoms with van der Waals surface area (Å²) in [6, 6.07) is 0.591. The summed E-state index contributed by atoms with van der Waals surface area (Å²) in [5.41, 5.74) is 0. The monoisotopic (exact) mass is 213 g/mol. The SMILES string of the molecule is CCC(CC)COC1CCCCC1NC. The van der Waals surface area contributed by atoms with Gasteiger partial charge in [-0.2, -0.15) is 0 Å². The Balaban J connectivity index is 2.28. The van der Waals surface area contributed by atoms with Gasteiger partial charge in [0.15, 0.2) is 0 Å². The fourth-order valence-electron chi connectivity index (χ4n) is 2.41. The minimum atomic E-state index is 0.462. The second-order valence-corrected chi connectivity index (χ2v) is 4.73. The van der Waals surface area contributed by atoms with E-state index in [9.17, 15) is 0 Å². The van der Waals surface area contributed by atoms with Gasteiger partial charge in [0, 0.05) is 12.6 Å². The van der Waals surface area contributed by atoms with Crippen molar-refractivity contribution in [1.82, 2.24) is 5.32 Å². The highest BCUT2D eigenvalue weighted by Gasteiger charge is 2.24. The first-order valence-corrected chi connectivity index (χ1v) is 6.60. The molecule has 0 amide bonds. The number of hydrogen-bond acceptors (Lipinski definition) is 2. The van der Waals surface area contributed by atoms with Crippen LogP contribution < -0.4 is 5.32 Å². The second kappa shape index (κ2) is 7.24. The lowest BCUT2D eigenvalue weighted by Crippen LogP contribution is -2.42. The van der Waals surface area contributed by atoms with E-state index in [1.807, 2.05) is 0 Å². The Hall–Kier alpha value is -0.0800. The first-order valence-electron chi connectivity index (χ1n) is 6.60. The molecule has 90 valence electrons. The zero-order valence-electron chi connectivity index (χ0n) is 10.6. The Morgan fingerprint density at radius 1 is 1.20 bits per heavy atom. The van der Waals surface area contributed by atoms with Crippen LogP contribution in [0.3, 0.4) is 0 Å².